The summed E-state index contributed by atoms with van der Waals surface area (Å²) in [5.41, 5.74) is 21.8. The van der Waals surface area contributed by atoms with Crippen LogP contribution in [-0.2, 0) is 19.2 Å². The third kappa shape index (κ3) is 21.7. The van der Waals surface area contributed by atoms with Crippen LogP contribution in [0.25, 0.3) is 0 Å². The van der Waals surface area contributed by atoms with Crippen LogP contribution in [-0.4, -0.2) is 125 Å². The lowest BCUT2D eigenvalue weighted by Crippen LogP contribution is -2.40. The summed E-state index contributed by atoms with van der Waals surface area (Å²) in [5, 5.41) is 11.1. The van der Waals surface area contributed by atoms with Gasteiger partial charge in [-0.1, -0.05) is 0 Å². The maximum absolute atomic E-state index is 12.1. The monoisotopic (exact) mass is 544 g/mol. The second-order valence-electron chi connectivity index (χ2n) is 8.94. The molecular weight excluding hydrogens is 492 g/mol. The third-order valence-corrected chi connectivity index (χ3v) is 5.67. The number of carbonyl (C=O) groups excluding carboxylic acids is 4. The largest absolute Gasteiger partial charge is 0.355 e. The molecule has 0 aliphatic carbocycles. The van der Waals surface area contributed by atoms with Gasteiger partial charge in [0, 0.05) is 104 Å². The van der Waals surface area contributed by atoms with E-state index in [2.05, 4.69) is 31.1 Å². The summed E-state index contributed by atoms with van der Waals surface area (Å²) in [6.45, 7) is 6.96. The van der Waals surface area contributed by atoms with Crippen molar-refractivity contribution >= 4 is 23.6 Å². The standard InChI is InChI=1S/C24H52N10O4/c25-7-11-29-21(35)3-1-15-33(17-5-23(37)31-13-9-27)19-20-34(18-6-24(38)32-14-10-28)16-2-4-22(36)30-12-8-26/h1-20,25-28H2,(H,29,35)(H,30,36)(H,31,37)(H,32,38). The van der Waals surface area contributed by atoms with Crippen molar-refractivity contribution in [1.29, 1.82) is 0 Å². The maximum Gasteiger partial charge on any atom is 0.221 e. The van der Waals surface area contributed by atoms with Crippen LogP contribution in [0, 0.1) is 0 Å². The summed E-state index contributed by atoms with van der Waals surface area (Å²) in [6.07, 6.45) is 2.68. The summed E-state index contributed by atoms with van der Waals surface area (Å²) in [4.78, 5) is 52.4. The first-order valence-corrected chi connectivity index (χ1v) is 13.7. The van der Waals surface area contributed by atoms with Crippen LogP contribution in [0.1, 0.15) is 38.5 Å². The Hall–Kier alpha value is -2.36. The molecule has 0 radical (unpaired) electrons. The highest BCUT2D eigenvalue weighted by Crippen LogP contribution is 2.03. The highest BCUT2D eigenvalue weighted by molar-refractivity contribution is 5.77. The van der Waals surface area contributed by atoms with Crippen molar-refractivity contribution in [1.82, 2.24) is 31.1 Å². The van der Waals surface area contributed by atoms with Crippen LogP contribution >= 0.6 is 0 Å². The van der Waals surface area contributed by atoms with Gasteiger partial charge < -0.3 is 54.0 Å². The number of nitrogens with two attached hydrogens (primary N) is 4. The lowest BCUT2D eigenvalue weighted by atomic mass is 10.2. The first-order chi connectivity index (χ1) is 18.4. The normalized spacial score (nSPS) is 11.0. The fourth-order valence-corrected chi connectivity index (χ4v) is 3.60. The molecule has 0 aromatic heterocycles. The van der Waals surface area contributed by atoms with Crippen molar-refractivity contribution in [2.75, 3.05) is 91.6 Å². The zero-order valence-corrected chi connectivity index (χ0v) is 23.0. The van der Waals surface area contributed by atoms with E-state index in [1.165, 1.54) is 0 Å². The first-order valence-electron chi connectivity index (χ1n) is 13.7. The molecule has 14 heteroatoms. The average Bonchev–Trinajstić information content (AvgIpc) is 2.91. The molecule has 0 bridgehead atoms. The SMILES string of the molecule is NCCNC(=O)CCCN(CCC(=O)NCCN)CCN(CCCC(=O)NCCN)CCC(=O)NCCN. The molecule has 12 N–H and O–H groups in total. The molecule has 0 aromatic carbocycles. The van der Waals surface area contributed by atoms with E-state index in [0.717, 1.165) is 0 Å². The summed E-state index contributed by atoms with van der Waals surface area (Å²) in [7, 11) is 0. The fourth-order valence-electron chi connectivity index (χ4n) is 3.60. The number of nitrogens with one attached hydrogen (secondary N) is 4. The molecule has 0 saturated heterocycles. The van der Waals surface area contributed by atoms with Gasteiger partial charge in [-0.25, -0.2) is 0 Å². The number of hydrogen-bond donors (Lipinski definition) is 8. The molecule has 4 amide bonds. The van der Waals surface area contributed by atoms with Crippen molar-refractivity contribution in [2.45, 2.75) is 38.5 Å². The molecule has 0 spiro atoms. The highest BCUT2D eigenvalue weighted by Gasteiger charge is 2.14. The van der Waals surface area contributed by atoms with Crippen LogP contribution in [0.5, 0.6) is 0 Å². The summed E-state index contributed by atoms with van der Waals surface area (Å²) >= 11 is 0. The van der Waals surface area contributed by atoms with Crippen molar-refractivity contribution in [3.8, 4) is 0 Å². The van der Waals surface area contributed by atoms with Gasteiger partial charge >= 0.3 is 0 Å². The van der Waals surface area contributed by atoms with Gasteiger partial charge in [-0.05, 0) is 25.9 Å². The van der Waals surface area contributed by atoms with Crippen molar-refractivity contribution in [3.05, 3.63) is 0 Å². The Morgan fingerprint density at radius 3 is 1.00 bits per heavy atom. The van der Waals surface area contributed by atoms with Crippen molar-refractivity contribution in [3.63, 3.8) is 0 Å². The molecule has 0 fully saturated rings. The van der Waals surface area contributed by atoms with Crippen LogP contribution < -0.4 is 44.2 Å². The van der Waals surface area contributed by atoms with E-state index >= 15 is 0 Å². The minimum Gasteiger partial charge on any atom is -0.355 e. The molecule has 0 atom stereocenters. The van der Waals surface area contributed by atoms with Gasteiger partial charge in [0.2, 0.25) is 23.6 Å². The van der Waals surface area contributed by atoms with Crippen molar-refractivity contribution < 1.29 is 19.2 Å². The minimum absolute atomic E-state index is 0.0471. The van der Waals surface area contributed by atoms with Gasteiger partial charge in [0.25, 0.3) is 0 Å². The van der Waals surface area contributed by atoms with Gasteiger partial charge in [-0.15, -0.1) is 0 Å². The Bertz CT molecular complexity index is 600. The molecule has 0 aromatic rings. The topological polar surface area (TPSA) is 227 Å². The lowest BCUT2D eigenvalue weighted by molar-refractivity contribution is -0.122. The zero-order valence-electron chi connectivity index (χ0n) is 23.0. The van der Waals surface area contributed by atoms with Gasteiger partial charge in [0.1, 0.15) is 0 Å². The Labute approximate surface area is 227 Å². The molecule has 0 aliphatic heterocycles. The highest BCUT2D eigenvalue weighted by atomic mass is 16.2. The fraction of sp³-hybridized carbons (Fsp3) is 0.833. The Morgan fingerprint density at radius 1 is 0.421 bits per heavy atom. The predicted molar refractivity (Wildman–Crippen MR) is 149 cm³/mol. The summed E-state index contributed by atoms with van der Waals surface area (Å²) in [5.74, 6) is -0.237. The van der Waals surface area contributed by atoms with Gasteiger partial charge in [-0.2, -0.15) is 0 Å². The van der Waals surface area contributed by atoms with Crippen LogP contribution in [0.3, 0.4) is 0 Å². The van der Waals surface area contributed by atoms with Crippen LogP contribution in [0.2, 0.25) is 0 Å². The minimum atomic E-state index is -0.0712. The van der Waals surface area contributed by atoms with E-state index in [1.54, 1.807) is 0 Å². The molecular formula is C24H52N10O4. The van der Waals surface area contributed by atoms with E-state index in [4.69, 9.17) is 22.9 Å². The molecule has 0 saturated carbocycles. The quantitative estimate of drug-likeness (QED) is 0.0559. The second-order valence-corrected chi connectivity index (χ2v) is 8.94. The molecule has 0 aliphatic rings. The maximum atomic E-state index is 12.1. The van der Waals surface area contributed by atoms with Crippen molar-refractivity contribution in [2.24, 2.45) is 22.9 Å². The zero-order chi connectivity index (χ0) is 28.4. The Morgan fingerprint density at radius 2 is 0.711 bits per heavy atom. The number of rotatable bonds is 25. The van der Waals surface area contributed by atoms with Gasteiger partial charge in [0.15, 0.2) is 0 Å². The molecule has 0 rings (SSSR count). The van der Waals surface area contributed by atoms with E-state index in [0.29, 0.717) is 130 Å². The smallest absolute Gasteiger partial charge is 0.221 e. The Kier molecular flexibility index (Phi) is 23.4. The number of carbonyl (C=O) groups is 4. The van der Waals surface area contributed by atoms with Gasteiger partial charge in [-0.3, -0.25) is 19.2 Å². The molecule has 0 unspecified atom stereocenters. The van der Waals surface area contributed by atoms with E-state index in [9.17, 15) is 19.2 Å². The number of amides is 4. The van der Waals surface area contributed by atoms with E-state index in [-0.39, 0.29) is 23.6 Å². The lowest BCUT2D eigenvalue weighted by Gasteiger charge is -2.27. The first kappa shape index (κ1) is 35.6. The Balaban J connectivity index is 4.97. The van der Waals surface area contributed by atoms with Crippen LogP contribution in [0.15, 0.2) is 0 Å². The summed E-state index contributed by atoms with van der Waals surface area (Å²) < 4.78 is 0. The molecule has 14 nitrogen and oxygen atoms in total. The predicted octanol–water partition coefficient (Wildman–Crippen LogP) is -3.77. The second kappa shape index (κ2) is 24.9. The average molecular weight is 545 g/mol. The third-order valence-electron chi connectivity index (χ3n) is 5.67. The number of nitrogens with zero attached hydrogens (tertiary/aromatic N) is 2. The van der Waals surface area contributed by atoms with Crippen LogP contribution in [0.4, 0.5) is 0 Å². The molecule has 222 valence electrons. The molecule has 38 heavy (non-hydrogen) atoms. The van der Waals surface area contributed by atoms with Gasteiger partial charge in [0.05, 0.1) is 0 Å². The summed E-state index contributed by atoms with van der Waals surface area (Å²) in [6, 6.07) is 0. The van der Waals surface area contributed by atoms with E-state index in [1.807, 2.05) is 0 Å². The number of hydrogen-bond acceptors (Lipinski definition) is 10. The van der Waals surface area contributed by atoms with E-state index < -0.39 is 0 Å². The molecule has 0 heterocycles.